The van der Waals surface area contributed by atoms with Crippen molar-refractivity contribution in [1.82, 2.24) is 15.2 Å². The second-order valence-corrected chi connectivity index (χ2v) is 5.26. The van der Waals surface area contributed by atoms with Gasteiger partial charge in [0.2, 0.25) is 5.89 Å². The highest BCUT2D eigenvalue weighted by Gasteiger charge is 2.30. The number of rotatable bonds is 4. The minimum Gasteiger partial charge on any atom is -0.444 e. The Morgan fingerprint density at radius 3 is 3.00 bits per heavy atom. The van der Waals surface area contributed by atoms with Gasteiger partial charge in [0.25, 0.3) is 5.91 Å². The van der Waals surface area contributed by atoms with Crippen molar-refractivity contribution in [3.8, 4) is 11.5 Å². The smallest absolute Gasteiger partial charge is 0.276 e. The molecule has 1 amide bonds. The number of likely N-dealkylation sites (tertiary alicyclic amines) is 1. The van der Waals surface area contributed by atoms with Gasteiger partial charge in [-0.2, -0.15) is 0 Å². The Hall–Kier alpha value is -2.14. The van der Waals surface area contributed by atoms with Crippen LogP contribution >= 0.6 is 0 Å². The topological polar surface area (TPSA) is 58.4 Å². The molecule has 1 atom stereocenters. The molecule has 5 heteroatoms. The molecule has 1 aromatic carbocycles. The van der Waals surface area contributed by atoms with E-state index in [1.54, 1.807) is 0 Å². The predicted molar refractivity (Wildman–Crippen MR) is 79.9 cm³/mol. The molecule has 1 N–H and O–H groups in total. The zero-order valence-electron chi connectivity index (χ0n) is 12.1. The van der Waals surface area contributed by atoms with Gasteiger partial charge >= 0.3 is 0 Å². The lowest BCUT2D eigenvalue weighted by atomic mass is 10.2. The van der Waals surface area contributed by atoms with Crippen LogP contribution in [-0.4, -0.2) is 42.0 Å². The average Bonchev–Trinajstić information content (AvgIpc) is 3.17. The van der Waals surface area contributed by atoms with Gasteiger partial charge in [-0.25, -0.2) is 4.98 Å². The van der Waals surface area contributed by atoms with Crippen molar-refractivity contribution in [3.63, 3.8) is 0 Å². The summed E-state index contributed by atoms with van der Waals surface area (Å²) in [5.41, 5.74) is 1.27. The number of benzene rings is 1. The summed E-state index contributed by atoms with van der Waals surface area (Å²) in [5, 5.41) is 3.14. The molecule has 2 aromatic rings. The maximum Gasteiger partial charge on any atom is 0.276 e. The number of hydrogen-bond acceptors (Lipinski definition) is 4. The van der Waals surface area contributed by atoms with Gasteiger partial charge in [0.15, 0.2) is 5.69 Å². The number of carbonyl (C=O) groups is 1. The van der Waals surface area contributed by atoms with Crippen LogP contribution in [0.5, 0.6) is 0 Å². The molecule has 0 saturated carbocycles. The van der Waals surface area contributed by atoms with Crippen molar-refractivity contribution >= 4 is 5.91 Å². The first-order chi connectivity index (χ1) is 10.3. The fourth-order valence-electron chi connectivity index (χ4n) is 2.78. The first-order valence-electron chi connectivity index (χ1n) is 7.26. The second kappa shape index (κ2) is 6.10. The number of likely N-dealkylation sites (N-methyl/N-ethyl adjacent to an activating group) is 1. The van der Waals surface area contributed by atoms with Gasteiger partial charge in [-0.15, -0.1) is 0 Å². The van der Waals surface area contributed by atoms with E-state index in [1.807, 2.05) is 42.3 Å². The molecule has 1 fully saturated rings. The van der Waals surface area contributed by atoms with Gasteiger partial charge in [-0.3, -0.25) is 4.79 Å². The zero-order chi connectivity index (χ0) is 14.7. The molecule has 0 aliphatic carbocycles. The van der Waals surface area contributed by atoms with Crippen LogP contribution in [0.3, 0.4) is 0 Å². The first kappa shape index (κ1) is 13.8. The van der Waals surface area contributed by atoms with Gasteiger partial charge < -0.3 is 14.6 Å². The molecule has 3 rings (SSSR count). The number of nitrogens with one attached hydrogen (secondary N) is 1. The van der Waals surface area contributed by atoms with Gasteiger partial charge in [-0.1, -0.05) is 18.2 Å². The van der Waals surface area contributed by atoms with Crippen molar-refractivity contribution in [2.45, 2.75) is 18.9 Å². The van der Waals surface area contributed by atoms with E-state index < -0.39 is 0 Å². The number of oxazole rings is 1. The van der Waals surface area contributed by atoms with Crippen molar-refractivity contribution in [1.29, 1.82) is 0 Å². The molecule has 1 unspecified atom stereocenters. The largest absolute Gasteiger partial charge is 0.444 e. The van der Waals surface area contributed by atoms with Crippen molar-refractivity contribution < 1.29 is 9.21 Å². The highest BCUT2D eigenvalue weighted by Crippen LogP contribution is 2.22. The summed E-state index contributed by atoms with van der Waals surface area (Å²) in [5.74, 6) is 0.446. The Labute approximate surface area is 124 Å². The second-order valence-electron chi connectivity index (χ2n) is 5.26. The van der Waals surface area contributed by atoms with E-state index in [1.165, 1.54) is 6.26 Å². The molecule has 1 aliphatic heterocycles. The molecule has 5 nitrogen and oxygen atoms in total. The number of aromatic nitrogens is 1. The van der Waals surface area contributed by atoms with E-state index in [-0.39, 0.29) is 11.9 Å². The number of carbonyl (C=O) groups excluding carboxylic acids is 1. The van der Waals surface area contributed by atoms with Crippen LogP contribution in [0.2, 0.25) is 0 Å². The summed E-state index contributed by atoms with van der Waals surface area (Å²) in [6.45, 7) is 1.61. The van der Waals surface area contributed by atoms with E-state index in [9.17, 15) is 4.79 Å². The van der Waals surface area contributed by atoms with Crippen LogP contribution in [0.15, 0.2) is 41.0 Å². The molecule has 1 aliphatic rings. The standard InChI is InChI=1S/C16H19N3O2/c1-17-10-13-8-5-9-19(13)16(20)14-11-21-15(18-14)12-6-3-2-4-7-12/h2-4,6-7,11,13,17H,5,8-10H2,1H3. The molecule has 1 saturated heterocycles. The van der Waals surface area contributed by atoms with Crippen molar-refractivity contribution in [3.05, 3.63) is 42.3 Å². The Balaban J connectivity index is 1.78. The van der Waals surface area contributed by atoms with Crippen LogP contribution in [-0.2, 0) is 0 Å². The van der Waals surface area contributed by atoms with Crippen LogP contribution in [0.1, 0.15) is 23.3 Å². The van der Waals surface area contributed by atoms with E-state index in [2.05, 4.69) is 10.3 Å². The lowest BCUT2D eigenvalue weighted by Gasteiger charge is -2.23. The minimum atomic E-state index is -0.0429. The predicted octanol–water partition coefficient (Wildman–Crippen LogP) is 2.17. The number of hydrogen-bond donors (Lipinski definition) is 1. The third-order valence-electron chi connectivity index (χ3n) is 3.82. The molecule has 0 radical (unpaired) electrons. The van der Waals surface area contributed by atoms with E-state index in [0.717, 1.165) is 31.5 Å². The summed E-state index contributed by atoms with van der Waals surface area (Å²) in [4.78, 5) is 18.8. The van der Waals surface area contributed by atoms with Crippen LogP contribution in [0, 0.1) is 0 Å². The van der Waals surface area contributed by atoms with Crippen LogP contribution < -0.4 is 5.32 Å². The minimum absolute atomic E-state index is 0.0429. The van der Waals surface area contributed by atoms with Gasteiger partial charge in [0.1, 0.15) is 6.26 Å². The third-order valence-corrected chi connectivity index (χ3v) is 3.82. The summed E-state index contributed by atoms with van der Waals surface area (Å²) >= 11 is 0. The van der Waals surface area contributed by atoms with Crippen molar-refractivity contribution in [2.24, 2.45) is 0 Å². The average molecular weight is 285 g/mol. The summed E-state index contributed by atoms with van der Waals surface area (Å²) < 4.78 is 5.45. The SMILES string of the molecule is CNCC1CCCN1C(=O)c1coc(-c2ccccc2)n1. The van der Waals surface area contributed by atoms with E-state index in [4.69, 9.17) is 4.42 Å². The van der Waals surface area contributed by atoms with Gasteiger partial charge in [0.05, 0.1) is 0 Å². The monoisotopic (exact) mass is 285 g/mol. The van der Waals surface area contributed by atoms with Crippen molar-refractivity contribution in [2.75, 3.05) is 20.1 Å². The summed E-state index contributed by atoms with van der Waals surface area (Å²) in [6, 6.07) is 9.86. The molecule has 21 heavy (non-hydrogen) atoms. The molecular weight excluding hydrogens is 266 g/mol. The molecule has 1 aromatic heterocycles. The van der Waals surface area contributed by atoms with Gasteiger partial charge in [-0.05, 0) is 32.0 Å². The highest BCUT2D eigenvalue weighted by atomic mass is 16.3. The molecule has 2 heterocycles. The molecule has 0 bridgehead atoms. The normalized spacial score (nSPS) is 18.1. The fraction of sp³-hybridized carbons (Fsp3) is 0.375. The first-order valence-corrected chi connectivity index (χ1v) is 7.26. The summed E-state index contributed by atoms with van der Waals surface area (Å²) in [6.07, 6.45) is 3.54. The number of amides is 1. The fourth-order valence-corrected chi connectivity index (χ4v) is 2.78. The lowest BCUT2D eigenvalue weighted by Crippen LogP contribution is -2.40. The Morgan fingerprint density at radius 2 is 2.24 bits per heavy atom. The molecule has 110 valence electrons. The van der Waals surface area contributed by atoms with Gasteiger partial charge in [0, 0.05) is 24.7 Å². The van der Waals surface area contributed by atoms with Crippen LogP contribution in [0.4, 0.5) is 0 Å². The zero-order valence-corrected chi connectivity index (χ0v) is 12.1. The van der Waals surface area contributed by atoms with E-state index >= 15 is 0 Å². The lowest BCUT2D eigenvalue weighted by molar-refractivity contribution is 0.0731. The molecular formula is C16H19N3O2. The maximum absolute atomic E-state index is 12.6. The molecule has 0 spiro atoms. The van der Waals surface area contributed by atoms with E-state index in [0.29, 0.717) is 11.6 Å². The van der Waals surface area contributed by atoms with Crippen LogP contribution in [0.25, 0.3) is 11.5 Å². The Morgan fingerprint density at radius 1 is 1.43 bits per heavy atom. The Kier molecular flexibility index (Phi) is 4.01. The third kappa shape index (κ3) is 2.83. The maximum atomic E-state index is 12.6. The highest BCUT2D eigenvalue weighted by molar-refractivity contribution is 5.92. The quantitative estimate of drug-likeness (QED) is 0.935. The Bertz CT molecular complexity index is 609. The number of nitrogens with zero attached hydrogens (tertiary/aromatic N) is 2. The summed E-state index contributed by atoms with van der Waals surface area (Å²) in [7, 11) is 1.91.